The van der Waals surface area contributed by atoms with Crippen molar-refractivity contribution in [3.63, 3.8) is 0 Å². The molecule has 0 atom stereocenters. The summed E-state index contributed by atoms with van der Waals surface area (Å²) >= 11 is 0. The van der Waals surface area contributed by atoms with E-state index in [0.717, 1.165) is 11.3 Å². The second-order valence-electron chi connectivity index (χ2n) is 7.88. The molecule has 35 heavy (non-hydrogen) atoms. The van der Waals surface area contributed by atoms with Gasteiger partial charge < -0.3 is 15.8 Å². The molecule has 3 aromatic heterocycles. The number of nitrogens with two attached hydrogens (primary N) is 1. The lowest BCUT2D eigenvalue weighted by Gasteiger charge is -2.12. The van der Waals surface area contributed by atoms with E-state index in [2.05, 4.69) is 20.5 Å². The third-order valence-corrected chi connectivity index (χ3v) is 5.54. The molecule has 2 amide bonds. The van der Waals surface area contributed by atoms with Crippen LogP contribution in [0.15, 0.2) is 42.7 Å². The predicted molar refractivity (Wildman–Crippen MR) is 127 cm³/mol. The molecule has 0 bridgehead atoms. The van der Waals surface area contributed by atoms with E-state index < -0.39 is 11.9 Å². The SMILES string of the molecule is CCOC(=O)c1ccn(-c2cccc(NC(=O)CCc3c(C)nc4c(C(N)=O)cnn4c3C)c2)n1. The van der Waals surface area contributed by atoms with Crippen molar-refractivity contribution in [1.82, 2.24) is 24.4 Å². The zero-order valence-electron chi connectivity index (χ0n) is 19.6. The Labute approximate surface area is 200 Å². The summed E-state index contributed by atoms with van der Waals surface area (Å²) in [5.74, 6) is -1.25. The predicted octanol–water partition coefficient (Wildman–Crippen LogP) is 2.38. The van der Waals surface area contributed by atoms with Crippen molar-refractivity contribution in [2.24, 2.45) is 5.73 Å². The number of amides is 2. The summed E-state index contributed by atoms with van der Waals surface area (Å²) in [6.45, 7) is 5.70. The van der Waals surface area contributed by atoms with Gasteiger partial charge in [-0.25, -0.2) is 19.0 Å². The molecule has 0 unspecified atom stereocenters. The van der Waals surface area contributed by atoms with Gasteiger partial charge in [-0.3, -0.25) is 9.59 Å². The van der Waals surface area contributed by atoms with Crippen LogP contribution in [0.5, 0.6) is 0 Å². The average molecular weight is 476 g/mol. The summed E-state index contributed by atoms with van der Waals surface area (Å²) in [4.78, 5) is 40.6. The van der Waals surface area contributed by atoms with Gasteiger partial charge in [-0.15, -0.1) is 0 Å². The molecule has 4 aromatic rings. The summed E-state index contributed by atoms with van der Waals surface area (Å²) in [7, 11) is 0. The number of esters is 1. The minimum absolute atomic E-state index is 0.174. The van der Waals surface area contributed by atoms with Crippen LogP contribution >= 0.6 is 0 Å². The fourth-order valence-electron chi connectivity index (χ4n) is 3.82. The standard InChI is InChI=1S/C24H25N7O4/c1-4-35-24(34)20-10-11-30(29-20)17-7-5-6-16(12-17)28-21(32)9-8-18-14(2)27-23-19(22(25)33)13-26-31(23)15(18)3/h5-7,10-13H,4,8-9H2,1-3H3,(H2,25,33)(H,28,32). The summed E-state index contributed by atoms with van der Waals surface area (Å²) in [6.07, 6.45) is 3.72. The monoisotopic (exact) mass is 475 g/mol. The lowest BCUT2D eigenvalue weighted by atomic mass is 10.1. The van der Waals surface area contributed by atoms with Crippen molar-refractivity contribution in [1.29, 1.82) is 0 Å². The number of aromatic nitrogens is 5. The zero-order valence-corrected chi connectivity index (χ0v) is 19.6. The highest BCUT2D eigenvalue weighted by Gasteiger charge is 2.17. The molecule has 1 aromatic carbocycles. The number of nitrogens with zero attached hydrogens (tertiary/aromatic N) is 5. The van der Waals surface area contributed by atoms with Gasteiger partial charge in [0.2, 0.25) is 5.91 Å². The first kappa shape index (κ1) is 23.6. The quantitative estimate of drug-likeness (QED) is 0.372. The van der Waals surface area contributed by atoms with E-state index in [1.165, 1.54) is 6.20 Å². The van der Waals surface area contributed by atoms with Crippen LogP contribution in [0, 0.1) is 13.8 Å². The lowest BCUT2D eigenvalue weighted by Crippen LogP contribution is -2.15. The molecular formula is C24H25N7O4. The number of fused-ring (bicyclic) bond motifs is 1. The Hall–Kier alpha value is -4.54. The minimum atomic E-state index is -0.590. The summed E-state index contributed by atoms with van der Waals surface area (Å²) in [6, 6.07) is 8.71. The molecule has 0 radical (unpaired) electrons. The molecule has 0 aliphatic carbocycles. The molecular weight excluding hydrogens is 450 g/mol. The normalized spacial score (nSPS) is 10.9. The Morgan fingerprint density at radius 2 is 1.97 bits per heavy atom. The second kappa shape index (κ2) is 9.75. The van der Waals surface area contributed by atoms with Gasteiger partial charge in [0.25, 0.3) is 5.91 Å². The van der Waals surface area contributed by atoms with Crippen LogP contribution in [-0.2, 0) is 16.0 Å². The fourth-order valence-corrected chi connectivity index (χ4v) is 3.82. The van der Waals surface area contributed by atoms with Crippen LogP contribution in [-0.4, -0.2) is 48.8 Å². The number of nitrogens with one attached hydrogen (secondary N) is 1. The molecule has 0 saturated heterocycles. The van der Waals surface area contributed by atoms with Crippen molar-refractivity contribution in [3.8, 4) is 5.69 Å². The molecule has 0 aliphatic heterocycles. The molecule has 4 rings (SSSR count). The van der Waals surface area contributed by atoms with E-state index >= 15 is 0 Å². The maximum atomic E-state index is 12.7. The van der Waals surface area contributed by atoms with Crippen molar-refractivity contribution in [3.05, 3.63) is 70.9 Å². The maximum absolute atomic E-state index is 12.7. The molecule has 11 nitrogen and oxygen atoms in total. The van der Waals surface area contributed by atoms with E-state index in [0.29, 0.717) is 29.1 Å². The first-order chi connectivity index (χ1) is 16.8. The number of primary amides is 1. The largest absolute Gasteiger partial charge is 0.461 e. The van der Waals surface area contributed by atoms with Crippen LogP contribution in [0.2, 0.25) is 0 Å². The number of hydrogen-bond acceptors (Lipinski definition) is 7. The van der Waals surface area contributed by atoms with E-state index in [-0.39, 0.29) is 30.2 Å². The van der Waals surface area contributed by atoms with Crippen molar-refractivity contribution >= 4 is 29.1 Å². The number of carbonyl (C=O) groups is 3. The number of ether oxygens (including phenoxy) is 1. The Morgan fingerprint density at radius 3 is 2.71 bits per heavy atom. The van der Waals surface area contributed by atoms with E-state index in [1.807, 2.05) is 19.9 Å². The highest BCUT2D eigenvalue weighted by molar-refractivity contribution is 5.98. The number of hydrogen-bond donors (Lipinski definition) is 2. The molecule has 0 spiro atoms. The van der Waals surface area contributed by atoms with Crippen LogP contribution in [0.3, 0.4) is 0 Å². The number of aryl methyl sites for hydroxylation is 2. The Balaban J connectivity index is 1.45. The molecule has 180 valence electrons. The van der Waals surface area contributed by atoms with Gasteiger partial charge >= 0.3 is 5.97 Å². The minimum Gasteiger partial charge on any atom is -0.461 e. The van der Waals surface area contributed by atoms with Crippen LogP contribution in [0.25, 0.3) is 11.3 Å². The van der Waals surface area contributed by atoms with Gasteiger partial charge in [-0.05, 0) is 57.0 Å². The highest BCUT2D eigenvalue weighted by Crippen LogP contribution is 2.20. The maximum Gasteiger partial charge on any atom is 0.358 e. The van der Waals surface area contributed by atoms with Gasteiger partial charge in [-0.1, -0.05) is 6.07 Å². The summed E-state index contributed by atoms with van der Waals surface area (Å²) in [5, 5.41) is 11.3. The molecule has 3 heterocycles. The van der Waals surface area contributed by atoms with Crippen LogP contribution in [0.1, 0.15) is 51.1 Å². The van der Waals surface area contributed by atoms with E-state index in [9.17, 15) is 14.4 Å². The summed E-state index contributed by atoms with van der Waals surface area (Å²) < 4.78 is 8.08. The number of rotatable bonds is 8. The lowest BCUT2D eigenvalue weighted by molar-refractivity contribution is -0.116. The number of benzene rings is 1. The first-order valence-corrected chi connectivity index (χ1v) is 11.0. The third kappa shape index (κ3) is 4.88. The fraction of sp³-hybridized carbons (Fsp3) is 0.250. The smallest absolute Gasteiger partial charge is 0.358 e. The van der Waals surface area contributed by atoms with Gasteiger partial charge in [0, 0.05) is 29.7 Å². The third-order valence-electron chi connectivity index (χ3n) is 5.54. The molecule has 0 saturated carbocycles. The second-order valence-corrected chi connectivity index (χ2v) is 7.88. The summed E-state index contributed by atoms with van der Waals surface area (Å²) in [5.41, 5.74) is 9.93. The highest BCUT2D eigenvalue weighted by atomic mass is 16.5. The molecule has 11 heteroatoms. The molecule has 0 fully saturated rings. The van der Waals surface area contributed by atoms with Crippen molar-refractivity contribution < 1.29 is 19.1 Å². The topological polar surface area (TPSA) is 146 Å². The number of anilines is 1. The molecule has 0 aliphatic rings. The van der Waals surface area contributed by atoms with Gasteiger partial charge in [0.15, 0.2) is 11.3 Å². The van der Waals surface area contributed by atoms with E-state index in [4.69, 9.17) is 10.5 Å². The van der Waals surface area contributed by atoms with Gasteiger partial charge in [0.05, 0.1) is 18.5 Å². The van der Waals surface area contributed by atoms with Crippen LogP contribution < -0.4 is 11.1 Å². The van der Waals surface area contributed by atoms with Crippen molar-refractivity contribution in [2.75, 3.05) is 11.9 Å². The average Bonchev–Trinajstić information content (AvgIpc) is 3.47. The number of carbonyl (C=O) groups excluding carboxylic acids is 3. The van der Waals surface area contributed by atoms with Crippen molar-refractivity contribution in [2.45, 2.75) is 33.6 Å². The zero-order chi connectivity index (χ0) is 25.1. The Bertz CT molecular complexity index is 1440. The van der Waals surface area contributed by atoms with Gasteiger partial charge in [-0.2, -0.15) is 10.2 Å². The Morgan fingerprint density at radius 1 is 1.17 bits per heavy atom. The molecule has 3 N–H and O–H groups in total. The van der Waals surface area contributed by atoms with E-state index in [1.54, 1.807) is 46.6 Å². The van der Waals surface area contributed by atoms with Gasteiger partial charge in [0.1, 0.15) is 5.56 Å². The Kier molecular flexibility index (Phi) is 6.58. The first-order valence-electron chi connectivity index (χ1n) is 11.0. The van der Waals surface area contributed by atoms with Crippen LogP contribution in [0.4, 0.5) is 5.69 Å².